The zero-order valence-corrected chi connectivity index (χ0v) is 20.6. The van der Waals surface area contributed by atoms with E-state index in [1.807, 2.05) is 0 Å². The molecule has 0 saturated heterocycles. The van der Waals surface area contributed by atoms with Crippen molar-refractivity contribution >= 4 is 17.9 Å². The quantitative estimate of drug-likeness (QED) is 0.165. The number of benzene rings is 3. The Labute approximate surface area is 222 Å². The normalized spacial score (nSPS) is 13.4. The molecule has 0 radical (unpaired) electrons. The third kappa shape index (κ3) is 6.82. The molecule has 0 spiro atoms. The van der Waals surface area contributed by atoms with E-state index in [-0.39, 0.29) is 53.0 Å². The molecule has 0 aliphatic rings. The molecule has 12 N–H and O–H groups in total. The summed E-state index contributed by atoms with van der Waals surface area (Å²) in [7, 11) is 0. The van der Waals surface area contributed by atoms with Gasteiger partial charge >= 0.3 is 17.9 Å². The van der Waals surface area contributed by atoms with Crippen LogP contribution in [0.3, 0.4) is 0 Å². The summed E-state index contributed by atoms with van der Waals surface area (Å²) in [5.74, 6) is -4.66. The number of carboxylic acids is 3. The van der Waals surface area contributed by atoms with Crippen LogP contribution in [0.2, 0.25) is 0 Å². The first-order valence-electron chi connectivity index (χ1n) is 11.7. The third-order valence-corrected chi connectivity index (χ3v) is 6.19. The number of hydrogen-bond donors (Lipinski definition) is 9. The summed E-state index contributed by atoms with van der Waals surface area (Å²) in [6, 6.07) is 7.57. The minimum absolute atomic E-state index is 0.0513. The standard InChI is InChI=1S/C27H29N3O9/c28-19(25(34)35)9-12-1-3-22(31)15(5-12)17-7-14(11-21(30)27(38)39)8-18(24(17)33)16-6-13(2-4-23(16)32)10-20(29)26(36)37/h1-8,19-21,31-33H,9-11,28-30H2,(H,34,35)(H,36,37)(H,38,39). The van der Waals surface area contributed by atoms with Crippen molar-refractivity contribution in [1.29, 1.82) is 0 Å². The summed E-state index contributed by atoms with van der Waals surface area (Å²) in [5.41, 5.74) is 18.5. The average Bonchev–Trinajstić information content (AvgIpc) is 2.87. The van der Waals surface area contributed by atoms with Crippen molar-refractivity contribution in [2.75, 3.05) is 0 Å². The van der Waals surface area contributed by atoms with E-state index in [0.29, 0.717) is 16.7 Å². The zero-order chi connectivity index (χ0) is 29.0. The van der Waals surface area contributed by atoms with Crippen molar-refractivity contribution in [2.45, 2.75) is 37.4 Å². The lowest BCUT2D eigenvalue weighted by Gasteiger charge is -2.18. The van der Waals surface area contributed by atoms with Gasteiger partial charge in [0.1, 0.15) is 35.4 Å². The molecule has 0 amide bonds. The smallest absolute Gasteiger partial charge is 0.320 e. The highest BCUT2D eigenvalue weighted by molar-refractivity contribution is 5.87. The van der Waals surface area contributed by atoms with Crippen LogP contribution < -0.4 is 17.2 Å². The number of aliphatic carboxylic acids is 3. The Morgan fingerprint density at radius 2 is 0.846 bits per heavy atom. The third-order valence-electron chi connectivity index (χ3n) is 6.19. The zero-order valence-electron chi connectivity index (χ0n) is 20.6. The van der Waals surface area contributed by atoms with Crippen LogP contribution in [0.1, 0.15) is 16.7 Å². The Bertz CT molecular complexity index is 1330. The molecule has 0 fully saturated rings. The van der Waals surface area contributed by atoms with E-state index < -0.39 is 41.8 Å². The Morgan fingerprint density at radius 3 is 1.18 bits per heavy atom. The highest BCUT2D eigenvalue weighted by atomic mass is 16.4. The van der Waals surface area contributed by atoms with E-state index >= 15 is 0 Å². The van der Waals surface area contributed by atoms with Crippen LogP contribution in [0.15, 0.2) is 48.5 Å². The first-order valence-corrected chi connectivity index (χ1v) is 11.7. The molecule has 0 heterocycles. The molecular weight excluding hydrogens is 510 g/mol. The molecule has 3 aromatic rings. The van der Waals surface area contributed by atoms with E-state index in [1.54, 1.807) is 0 Å². The number of phenols is 3. The molecule has 3 aromatic carbocycles. The Hall–Kier alpha value is -4.65. The maximum absolute atomic E-state index is 11.4. The molecule has 12 heteroatoms. The van der Waals surface area contributed by atoms with Gasteiger partial charge in [-0.2, -0.15) is 0 Å². The van der Waals surface area contributed by atoms with Gasteiger partial charge in [-0.3, -0.25) is 14.4 Å². The second-order valence-corrected chi connectivity index (χ2v) is 9.19. The first-order chi connectivity index (χ1) is 18.3. The second kappa shape index (κ2) is 11.8. The summed E-state index contributed by atoms with van der Waals surface area (Å²) in [6.07, 6.45) is -0.330. The topological polar surface area (TPSA) is 251 Å². The van der Waals surface area contributed by atoms with Crippen LogP contribution in [0, 0.1) is 0 Å². The van der Waals surface area contributed by atoms with Crippen LogP contribution in [0.4, 0.5) is 0 Å². The molecule has 0 bridgehead atoms. The highest BCUT2D eigenvalue weighted by Crippen LogP contribution is 2.45. The Morgan fingerprint density at radius 1 is 0.538 bits per heavy atom. The number of rotatable bonds is 11. The minimum atomic E-state index is -1.31. The van der Waals surface area contributed by atoms with Crippen LogP contribution in [0.25, 0.3) is 22.3 Å². The maximum atomic E-state index is 11.4. The Balaban J connectivity index is 2.22. The molecule has 206 valence electrons. The highest BCUT2D eigenvalue weighted by Gasteiger charge is 2.22. The summed E-state index contributed by atoms with van der Waals surface area (Å²) < 4.78 is 0. The molecule has 0 aliphatic carbocycles. The van der Waals surface area contributed by atoms with Gasteiger partial charge in [0.15, 0.2) is 0 Å². The lowest BCUT2D eigenvalue weighted by atomic mass is 9.89. The van der Waals surface area contributed by atoms with E-state index in [9.17, 15) is 34.8 Å². The summed E-state index contributed by atoms with van der Waals surface area (Å²) in [4.78, 5) is 33.8. The van der Waals surface area contributed by atoms with Gasteiger partial charge < -0.3 is 47.8 Å². The fourth-order valence-electron chi connectivity index (χ4n) is 4.10. The van der Waals surface area contributed by atoms with Crippen molar-refractivity contribution in [3.63, 3.8) is 0 Å². The van der Waals surface area contributed by atoms with E-state index in [1.165, 1.54) is 48.5 Å². The van der Waals surface area contributed by atoms with Gasteiger partial charge in [0.05, 0.1) is 0 Å². The van der Waals surface area contributed by atoms with Gasteiger partial charge in [-0.05, 0) is 72.4 Å². The Kier molecular flexibility index (Phi) is 8.76. The monoisotopic (exact) mass is 539 g/mol. The molecular formula is C27H29N3O9. The molecule has 3 unspecified atom stereocenters. The summed E-state index contributed by atoms with van der Waals surface area (Å²) >= 11 is 0. The molecule has 3 atom stereocenters. The van der Waals surface area contributed by atoms with Gasteiger partial charge in [0.2, 0.25) is 0 Å². The summed E-state index contributed by atoms with van der Waals surface area (Å²) in [5, 5.41) is 60.2. The predicted molar refractivity (Wildman–Crippen MR) is 140 cm³/mol. The molecule has 0 aromatic heterocycles. The van der Waals surface area contributed by atoms with Crippen LogP contribution in [0.5, 0.6) is 17.2 Å². The first kappa shape index (κ1) is 28.9. The van der Waals surface area contributed by atoms with Gasteiger partial charge in [-0.1, -0.05) is 12.1 Å². The second-order valence-electron chi connectivity index (χ2n) is 9.19. The van der Waals surface area contributed by atoms with Crippen LogP contribution in [-0.2, 0) is 33.6 Å². The maximum Gasteiger partial charge on any atom is 0.320 e. The fourth-order valence-corrected chi connectivity index (χ4v) is 4.10. The van der Waals surface area contributed by atoms with Gasteiger partial charge in [-0.15, -0.1) is 0 Å². The average molecular weight is 540 g/mol. The fraction of sp³-hybridized carbons (Fsp3) is 0.222. The van der Waals surface area contributed by atoms with Crippen LogP contribution >= 0.6 is 0 Å². The van der Waals surface area contributed by atoms with Gasteiger partial charge in [0, 0.05) is 22.3 Å². The van der Waals surface area contributed by atoms with E-state index in [2.05, 4.69) is 0 Å². The lowest BCUT2D eigenvalue weighted by molar-refractivity contribution is -0.139. The molecule has 39 heavy (non-hydrogen) atoms. The lowest BCUT2D eigenvalue weighted by Crippen LogP contribution is -2.32. The van der Waals surface area contributed by atoms with Crippen LogP contribution in [-0.4, -0.2) is 66.7 Å². The summed E-state index contributed by atoms with van der Waals surface area (Å²) in [6.45, 7) is 0. The van der Waals surface area contributed by atoms with Crippen molar-refractivity contribution < 1.29 is 45.0 Å². The van der Waals surface area contributed by atoms with Crippen molar-refractivity contribution in [2.24, 2.45) is 17.2 Å². The number of hydrogen-bond acceptors (Lipinski definition) is 9. The molecule has 0 aliphatic heterocycles. The van der Waals surface area contributed by atoms with E-state index in [4.69, 9.17) is 27.4 Å². The number of carboxylic acid groups (broad SMARTS) is 3. The SMILES string of the molecule is NC(Cc1ccc(O)c(-c2cc(CC(N)C(=O)O)cc(-c3cc(CC(N)C(=O)O)ccc3O)c2O)c1)C(=O)O. The molecule has 3 rings (SSSR count). The number of aromatic hydroxyl groups is 3. The largest absolute Gasteiger partial charge is 0.507 e. The van der Waals surface area contributed by atoms with Gasteiger partial charge in [0.25, 0.3) is 0 Å². The van der Waals surface area contributed by atoms with Crippen molar-refractivity contribution in [1.82, 2.24) is 0 Å². The number of nitrogens with two attached hydrogens (primary N) is 3. The predicted octanol–water partition coefficient (Wildman–Crippen LogP) is 1.00. The number of phenolic OH excluding ortho intramolecular Hbond substituents is 3. The number of carbonyl (C=O) groups is 3. The molecule has 12 nitrogen and oxygen atoms in total. The van der Waals surface area contributed by atoms with Crippen molar-refractivity contribution in [3.05, 3.63) is 65.2 Å². The van der Waals surface area contributed by atoms with E-state index in [0.717, 1.165) is 0 Å². The van der Waals surface area contributed by atoms with Crippen molar-refractivity contribution in [3.8, 4) is 39.5 Å². The van der Waals surface area contributed by atoms with Gasteiger partial charge in [-0.25, -0.2) is 0 Å². The minimum Gasteiger partial charge on any atom is -0.507 e. The molecule has 0 saturated carbocycles.